The highest BCUT2D eigenvalue weighted by Gasteiger charge is 2.31. The molecule has 1 unspecified atom stereocenters. The first-order valence-corrected chi connectivity index (χ1v) is 7.00. The first-order chi connectivity index (χ1) is 9.92. The van der Waals surface area contributed by atoms with Crippen LogP contribution in [0.3, 0.4) is 0 Å². The second kappa shape index (κ2) is 6.49. The molecule has 1 atom stereocenters. The smallest absolute Gasteiger partial charge is 0.238 e. The number of benzene rings is 1. The van der Waals surface area contributed by atoms with Gasteiger partial charge in [0.25, 0.3) is 0 Å². The molecule has 1 fully saturated rings. The summed E-state index contributed by atoms with van der Waals surface area (Å²) in [5, 5.41) is 11.8. The lowest BCUT2D eigenvalue weighted by Gasteiger charge is -2.38. The molecule has 2 N–H and O–H groups in total. The van der Waals surface area contributed by atoms with Crippen molar-refractivity contribution in [2.75, 3.05) is 31.6 Å². The number of carbonyl (C=O) groups is 1. The monoisotopic (exact) mass is 298 g/mol. The second-order valence-corrected chi connectivity index (χ2v) is 5.96. The number of anilines is 1. The van der Waals surface area contributed by atoms with Gasteiger partial charge in [-0.2, -0.15) is 0 Å². The van der Waals surface area contributed by atoms with Crippen LogP contribution in [-0.2, 0) is 4.79 Å². The fraction of sp³-hybridized carbons (Fsp3) is 0.533. The van der Waals surface area contributed by atoms with E-state index in [9.17, 15) is 18.7 Å². The quantitative estimate of drug-likeness (QED) is 0.894. The summed E-state index contributed by atoms with van der Waals surface area (Å²) in [5.41, 5.74) is -0.219. The number of hydrogen-bond donors (Lipinski definition) is 2. The Bertz CT molecular complexity index is 524. The number of aliphatic hydroxyl groups is 1. The number of amides is 1. The molecule has 1 aliphatic heterocycles. The van der Waals surface area contributed by atoms with Crippen molar-refractivity contribution in [1.29, 1.82) is 0 Å². The third-order valence-electron chi connectivity index (χ3n) is 3.81. The first-order valence-electron chi connectivity index (χ1n) is 7.00. The summed E-state index contributed by atoms with van der Waals surface area (Å²) in [5.74, 6) is -1.81. The Balaban J connectivity index is 1.92. The summed E-state index contributed by atoms with van der Waals surface area (Å²) in [6.07, 6.45) is 1.84. The van der Waals surface area contributed by atoms with Gasteiger partial charge in [0.1, 0.15) is 11.6 Å². The topological polar surface area (TPSA) is 52.6 Å². The zero-order chi connectivity index (χ0) is 15.5. The molecule has 6 heteroatoms. The summed E-state index contributed by atoms with van der Waals surface area (Å²) < 4.78 is 26.3. The Morgan fingerprint density at radius 3 is 2.90 bits per heavy atom. The number of aliphatic hydroxyl groups excluding tert-OH is 1. The summed E-state index contributed by atoms with van der Waals surface area (Å²) in [4.78, 5) is 13.9. The lowest BCUT2D eigenvalue weighted by molar-refractivity contribution is -0.118. The van der Waals surface area contributed by atoms with Gasteiger partial charge in [-0.1, -0.05) is 6.92 Å². The van der Waals surface area contributed by atoms with Gasteiger partial charge in [-0.25, -0.2) is 8.78 Å². The van der Waals surface area contributed by atoms with E-state index in [1.54, 1.807) is 0 Å². The summed E-state index contributed by atoms with van der Waals surface area (Å²) in [6.45, 7) is 3.60. The summed E-state index contributed by atoms with van der Waals surface area (Å²) in [7, 11) is 0. The van der Waals surface area contributed by atoms with Gasteiger partial charge in [-0.3, -0.25) is 9.69 Å². The molecule has 1 saturated heterocycles. The Morgan fingerprint density at radius 1 is 1.48 bits per heavy atom. The molecule has 2 rings (SSSR count). The van der Waals surface area contributed by atoms with Gasteiger partial charge in [-0.05, 0) is 31.5 Å². The van der Waals surface area contributed by atoms with Crippen molar-refractivity contribution in [1.82, 2.24) is 4.90 Å². The van der Waals surface area contributed by atoms with Crippen molar-refractivity contribution in [3.8, 4) is 0 Å². The van der Waals surface area contributed by atoms with Crippen LogP contribution in [0.25, 0.3) is 0 Å². The zero-order valence-electron chi connectivity index (χ0n) is 12.0. The number of nitrogens with zero attached hydrogens (tertiary/aromatic N) is 1. The van der Waals surface area contributed by atoms with Crippen molar-refractivity contribution in [2.24, 2.45) is 5.41 Å². The van der Waals surface area contributed by atoms with Gasteiger partial charge < -0.3 is 10.4 Å². The molecule has 1 aromatic carbocycles. The van der Waals surface area contributed by atoms with E-state index in [1.807, 2.05) is 11.8 Å². The van der Waals surface area contributed by atoms with Crippen molar-refractivity contribution in [3.05, 3.63) is 29.8 Å². The van der Waals surface area contributed by atoms with Crippen LogP contribution in [0, 0.1) is 17.0 Å². The van der Waals surface area contributed by atoms with Gasteiger partial charge in [0, 0.05) is 24.6 Å². The van der Waals surface area contributed by atoms with Crippen LogP contribution in [0.4, 0.5) is 14.5 Å². The second-order valence-electron chi connectivity index (χ2n) is 5.96. The van der Waals surface area contributed by atoms with E-state index in [1.165, 1.54) is 6.07 Å². The molecular formula is C15H20F2N2O2. The van der Waals surface area contributed by atoms with Gasteiger partial charge in [0.05, 0.1) is 12.2 Å². The molecule has 4 nitrogen and oxygen atoms in total. The van der Waals surface area contributed by atoms with Crippen LogP contribution in [0.15, 0.2) is 18.2 Å². The van der Waals surface area contributed by atoms with Crippen molar-refractivity contribution < 1.29 is 18.7 Å². The molecule has 1 amide bonds. The number of likely N-dealkylation sites (tertiary alicyclic amines) is 1. The molecule has 0 bridgehead atoms. The third kappa shape index (κ3) is 4.22. The summed E-state index contributed by atoms with van der Waals surface area (Å²) in [6, 6.07) is 3.04. The van der Waals surface area contributed by atoms with Crippen LogP contribution >= 0.6 is 0 Å². The van der Waals surface area contributed by atoms with E-state index in [0.29, 0.717) is 6.54 Å². The van der Waals surface area contributed by atoms with E-state index >= 15 is 0 Å². The lowest BCUT2D eigenvalue weighted by Crippen LogP contribution is -2.46. The van der Waals surface area contributed by atoms with Crippen LogP contribution < -0.4 is 5.32 Å². The van der Waals surface area contributed by atoms with Gasteiger partial charge >= 0.3 is 0 Å². The predicted molar refractivity (Wildman–Crippen MR) is 75.9 cm³/mol. The number of nitrogens with one attached hydrogen (secondary N) is 1. The summed E-state index contributed by atoms with van der Waals surface area (Å²) >= 11 is 0. The molecule has 0 aromatic heterocycles. The highest BCUT2D eigenvalue weighted by atomic mass is 19.1. The highest BCUT2D eigenvalue weighted by molar-refractivity contribution is 5.92. The maximum Gasteiger partial charge on any atom is 0.238 e. The van der Waals surface area contributed by atoms with E-state index < -0.39 is 11.6 Å². The number of rotatable bonds is 4. The largest absolute Gasteiger partial charge is 0.396 e. The van der Waals surface area contributed by atoms with Gasteiger partial charge in [0.15, 0.2) is 0 Å². The fourth-order valence-corrected chi connectivity index (χ4v) is 2.68. The van der Waals surface area contributed by atoms with E-state index in [-0.39, 0.29) is 30.2 Å². The van der Waals surface area contributed by atoms with E-state index in [4.69, 9.17) is 0 Å². The molecule has 116 valence electrons. The Morgan fingerprint density at radius 2 is 2.24 bits per heavy atom. The standard InChI is InChI=1S/C15H20F2N2O2/c1-15(10-20)5-2-6-19(9-15)8-14(21)18-13-4-3-11(16)7-12(13)17/h3-4,7,20H,2,5-6,8-10H2,1H3,(H,18,21). The Hall–Kier alpha value is -1.53. The third-order valence-corrected chi connectivity index (χ3v) is 3.81. The molecular weight excluding hydrogens is 278 g/mol. The molecule has 0 spiro atoms. The first kappa shape index (κ1) is 15.9. The maximum atomic E-state index is 13.5. The van der Waals surface area contributed by atoms with E-state index in [2.05, 4.69) is 5.32 Å². The average molecular weight is 298 g/mol. The predicted octanol–water partition coefficient (Wildman–Crippen LogP) is 2.00. The molecule has 1 aromatic rings. The lowest BCUT2D eigenvalue weighted by atomic mass is 9.83. The van der Waals surface area contributed by atoms with Crippen molar-refractivity contribution in [3.63, 3.8) is 0 Å². The fourth-order valence-electron chi connectivity index (χ4n) is 2.68. The van der Waals surface area contributed by atoms with Crippen LogP contribution in [0.5, 0.6) is 0 Å². The van der Waals surface area contributed by atoms with E-state index in [0.717, 1.165) is 31.5 Å². The zero-order valence-corrected chi connectivity index (χ0v) is 12.0. The number of piperidine rings is 1. The van der Waals surface area contributed by atoms with Crippen molar-refractivity contribution in [2.45, 2.75) is 19.8 Å². The molecule has 0 radical (unpaired) electrons. The normalized spacial score (nSPS) is 23.0. The van der Waals surface area contributed by atoms with Crippen LogP contribution in [0.1, 0.15) is 19.8 Å². The van der Waals surface area contributed by atoms with Crippen LogP contribution in [0.2, 0.25) is 0 Å². The minimum atomic E-state index is -0.790. The number of carbonyl (C=O) groups excluding carboxylic acids is 1. The highest BCUT2D eigenvalue weighted by Crippen LogP contribution is 2.28. The molecule has 0 aliphatic carbocycles. The number of hydrogen-bond acceptors (Lipinski definition) is 3. The number of halogens is 2. The minimum Gasteiger partial charge on any atom is -0.396 e. The average Bonchev–Trinajstić information content (AvgIpc) is 2.42. The SMILES string of the molecule is CC1(CO)CCCN(CC(=O)Nc2ccc(F)cc2F)C1. The van der Waals surface area contributed by atoms with Crippen molar-refractivity contribution >= 4 is 11.6 Å². The van der Waals surface area contributed by atoms with Crippen LogP contribution in [-0.4, -0.2) is 42.2 Å². The molecule has 1 heterocycles. The maximum absolute atomic E-state index is 13.5. The Kier molecular flexibility index (Phi) is 4.90. The molecule has 21 heavy (non-hydrogen) atoms. The molecule has 1 aliphatic rings. The van der Waals surface area contributed by atoms with Gasteiger partial charge in [-0.15, -0.1) is 0 Å². The molecule has 0 saturated carbocycles. The van der Waals surface area contributed by atoms with Gasteiger partial charge in [0.2, 0.25) is 5.91 Å². The Labute approximate surface area is 122 Å². The minimum absolute atomic E-state index is 0.0247.